The number of hydrogen-bond donors (Lipinski definition) is 3. The van der Waals surface area contributed by atoms with Gasteiger partial charge >= 0.3 is 0 Å². The van der Waals surface area contributed by atoms with Crippen molar-refractivity contribution in [2.24, 2.45) is 5.73 Å². The number of piperazine rings is 1. The van der Waals surface area contributed by atoms with E-state index in [0.29, 0.717) is 54.6 Å². The molecule has 3 aromatic rings. The van der Waals surface area contributed by atoms with Crippen LogP contribution in [0.15, 0.2) is 60.8 Å². The number of nitrogens with zero attached hydrogens (tertiary/aromatic N) is 5. The largest absolute Gasteiger partial charge is 0.375 e. The Bertz CT molecular complexity index is 2070. The van der Waals surface area contributed by atoms with Crippen molar-refractivity contribution >= 4 is 47.3 Å². The number of anilines is 1. The number of piperidine rings is 2. The fourth-order valence-corrected chi connectivity index (χ4v) is 7.75. The van der Waals surface area contributed by atoms with Crippen LogP contribution in [0.3, 0.4) is 0 Å². The van der Waals surface area contributed by atoms with Crippen molar-refractivity contribution in [3.8, 4) is 0 Å². The highest BCUT2D eigenvalue weighted by molar-refractivity contribution is 6.05. The van der Waals surface area contributed by atoms with Crippen LogP contribution in [-0.2, 0) is 20.7 Å². The monoisotopic (exact) mass is 913 g/mol. The van der Waals surface area contributed by atoms with E-state index in [2.05, 4.69) is 59.7 Å². The average Bonchev–Trinajstić information content (AvgIpc) is 3.33. The SMILES string of the molecule is CCC.CCC/C=C(\C)c1cnc(C(=O)N2CCC(OC3CCN(CC(=O)N4CCN(C)CC4)CC3)CC2)c(NC(C)=O)c1.CN.N=C(Cc1ccc(F)c(C=O)c1)c1ccccc1C=O. The van der Waals surface area contributed by atoms with Crippen molar-refractivity contribution in [2.75, 3.05) is 78.3 Å². The van der Waals surface area contributed by atoms with Crippen LogP contribution in [0.5, 0.6) is 0 Å². The third kappa shape index (κ3) is 17.4. The molecule has 360 valence electrons. The number of ether oxygens (including phenoxy) is 1. The van der Waals surface area contributed by atoms with Crippen LogP contribution in [0.4, 0.5) is 10.1 Å². The molecule has 1 aromatic heterocycles. The fraction of sp³-hybridized carbons (Fsp3) is 0.510. The predicted molar refractivity (Wildman–Crippen MR) is 261 cm³/mol. The van der Waals surface area contributed by atoms with Gasteiger partial charge in [0.25, 0.3) is 5.91 Å². The molecule has 4 heterocycles. The highest BCUT2D eigenvalue weighted by Crippen LogP contribution is 2.26. The standard InChI is InChI=1S/C31H48N6O4.C16H12FNO2.C3H8.CH5N/c1-5-6-7-23(2)25-20-28(33-24(3)38)30(32-21-25)31(40)37-14-10-27(11-15-37)41-26-8-12-35(13-9-26)22-29(39)36-18-16-34(4)17-19-36;17-15-6-5-11(7-13(15)10-20)8-16(18)14-4-2-1-3-12(14)9-19;1-3-2;1-2/h7,20-21,26-27H,5-6,8-19,22H2,1-4H3,(H,33,38);1-7,9-10,18H,8H2;3H2,1-2H3;2H2,1H3/b23-7+;;;. The maximum absolute atomic E-state index is 13.4. The minimum atomic E-state index is -0.580. The topological polar surface area (TPSA) is 182 Å². The number of benzene rings is 2. The number of hydrogen-bond acceptors (Lipinski definition) is 11. The highest BCUT2D eigenvalue weighted by Gasteiger charge is 2.30. The number of aromatic nitrogens is 1. The van der Waals surface area contributed by atoms with Gasteiger partial charge in [-0.2, -0.15) is 0 Å². The Morgan fingerprint density at radius 1 is 0.848 bits per heavy atom. The first-order valence-electron chi connectivity index (χ1n) is 23.3. The number of unbranched alkanes of at least 4 members (excludes halogenated alkanes) is 1. The molecule has 0 spiro atoms. The lowest BCUT2D eigenvalue weighted by Crippen LogP contribution is -2.51. The number of pyridine rings is 1. The fourth-order valence-electron chi connectivity index (χ4n) is 7.75. The Balaban J connectivity index is 0.000000385. The first-order valence-corrected chi connectivity index (χ1v) is 23.3. The number of aldehydes is 2. The highest BCUT2D eigenvalue weighted by atomic mass is 19.1. The second-order valence-corrected chi connectivity index (χ2v) is 16.8. The molecule has 0 radical (unpaired) electrons. The summed E-state index contributed by atoms with van der Waals surface area (Å²) in [4.78, 5) is 72.5. The van der Waals surface area contributed by atoms with Crippen molar-refractivity contribution in [3.05, 3.63) is 100 Å². The van der Waals surface area contributed by atoms with Gasteiger partial charge in [-0.25, -0.2) is 9.37 Å². The van der Waals surface area contributed by atoms with Crippen LogP contribution < -0.4 is 11.1 Å². The zero-order valence-corrected chi connectivity index (χ0v) is 40.2. The van der Waals surface area contributed by atoms with Crippen molar-refractivity contribution < 1.29 is 33.1 Å². The first-order chi connectivity index (χ1) is 31.8. The van der Waals surface area contributed by atoms with Gasteiger partial charge in [-0.15, -0.1) is 0 Å². The molecule has 0 saturated carbocycles. The first kappa shape index (κ1) is 54.9. The minimum Gasteiger partial charge on any atom is -0.375 e. The Morgan fingerprint density at radius 3 is 2.05 bits per heavy atom. The smallest absolute Gasteiger partial charge is 0.274 e. The number of nitrogens with one attached hydrogen (secondary N) is 2. The van der Waals surface area contributed by atoms with Crippen molar-refractivity contribution in [1.82, 2.24) is 24.6 Å². The van der Waals surface area contributed by atoms with Crippen LogP contribution in [0, 0.1) is 11.2 Å². The number of carbonyl (C=O) groups excluding carboxylic acids is 5. The van der Waals surface area contributed by atoms with Crippen LogP contribution in [0.1, 0.15) is 127 Å². The molecule has 3 amide bonds. The molecule has 3 aliphatic heterocycles. The summed E-state index contributed by atoms with van der Waals surface area (Å²) in [5.41, 5.74) is 9.07. The molecule has 3 aliphatic rings. The summed E-state index contributed by atoms with van der Waals surface area (Å²) in [5, 5.41) is 10.9. The van der Waals surface area contributed by atoms with E-state index in [-0.39, 0.29) is 53.3 Å². The number of likely N-dealkylation sites (tertiary alicyclic amines) is 2. The maximum atomic E-state index is 13.4. The van der Waals surface area contributed by atoms with Crippen molar-refractivity contribution in [3.63, 3.8) is 0 Å². The van der Waals surface area contributed by atoms with E-state index in [1.165, 1.54) is 38.6 Å². The van der Waals surface area contributed by atoms with E-state index < -0.39 is 5.82 Å². The van der Waals surface area contributed by atoms with Gasteiger partial charge in [-0.1, -0.05) is 70.0 Å². The zero-order valence-electron chi connectivity index (χ0n) is 40.2. The number of carbonyl (C=O) groups is 5. The second-order valence-electron chi connectivity index (χ2n) is 16.8. The van der Waals surface area contributed by atoms with E-state index in [1.54, 1.807) is 30.5 Å². The van der Waals surface area contributed by atoms with Gasteiger partial charge in [0.05, 0.1) is 30.0 Å². The van der Waals surface area contributed by atoms with Gasteiger partial charge in [0.1, 0.15) is 5.82 Å². The van der Waals surface area contributed by atoms with Crippen molar-refractivity contribution in [1.29, 1.82) is 5.41 Å². The van der Waals surface area contributed by atoms with E-state index >= 15 is 0 Å². The molecular weight excluding hydrogens is 840 g/mol. The zero-order chi connectivity index (χ0) is 48.6. The molecule has 3 fully saturated rings. The van der Waals surface area contributed by atoms with Crippen LogP contribution in [0.25, 0.3) is 5.57 Å². The summed E-state index contributed by atoms with van der Waals surface area (Å²) in [6.45, 7) is 16.8. The van der Waals surface area contributed by atoms with Gasteiger partial charge in [0.15, 0.2) is 18.3 Å². The molecule has 3 saturated heterocycles. The van der Waals surface area contributed by atoms with E-state index in [0.717, 1.165) is 88.9 Å². The van der Waals surface area contributed by atoms with Gasteiger partial charge in [-0.05, 0) is 88.0 Å². The molecule has 14 nitrogen and oxygen atoms in total. The van der Waals surface area contributed by atoms with Gasteiger partial charge in [0.2, 0.25) is 11.8 Å². The third-order valence-corrected chi connectivity index (χ3v) is 11.4. The lowest BCUT2D eigenvalue weighted by Gasteiger charge is -2.38. The Hall–Kier alpha value is -5.48. The number of nitrogens with two attached hydrogens (primary N) is 1. The summed E-state index contributed by atoms with van der Waals surface area (Å²) >= 11 is 0. The number of likely N-dealkylation sites (N-methyl/N-ethyl adjacent to an activating group) is 1. The normalized spacial score (nSPS) is 16.0. The minimum absolute atomic E-state index is 0.0287. The third-order valence-electron chi connectivity index (χ3n) is 11.4. The molecular formula is C51H73FN8O6. The molecule has 0 bridgehead atoms. The van der Waals surface area contributed by atoms with Crippen LogP contribution in [0.2, 0.25) is 0 Å². The van der Waals surface area contributed by atoms with Gasteiger partial charge in [0, 0.05) is 88.7 Å². The van der Waals surface area contributed by atoms with Crippen LogP contribution in [-0.4, -0.2) is 146 Å². The molecule has 0 aliphatic carbocycles. The molecule has 6 rings (SSSR count). The van der Waals surface area contributed by atoms with E-state index in [9.17, 15) is 28.4 Å². The number of amides is 3. The molecule has 0 unspecified atom stereocenters. The molecule has 15 heteroatoms. The average molecular weight is 913 g/mol. The molecule has 0 atom stereocenters. The van der Waals surface area contributed by atoms with Gasteiger partial charge in [-0.3, -0.25) is 28.9 Å². The van der Waals surface area contributed by atoms with Crippen molar-refractivity contribution in [2.45, 2.75) is 98.2 Å². The Labute approximate surface area is 391 Å². The predicted octanol–water partition coefficient (Wildman–Crippen LogP) is 7.16. The molecule has 66 heavy (non-hydrogen) atoms. The molecule has 2 aromatic carbocycles. The summed E-state index contributed by atoms with van der Waals surface area (Å²) in [6, 6.07) is 12.8. The number of allylic oxidation sites excluding steroid dienone is 2. The quantitative estimate of drug-likeness (QED) is 0.111. The Kier molecular flexibility index (Phi) is 24.3. The lowest BCUT2D eigenvalue weighted by molar-refractivity contribution is -0.135. The summed E-state index contributed by atoms with van der Waals surface area (Å²) < 4.78 is 19.7. The maximum Gasteiger partial charge on any atom is 0.274 e. The Morgan fingerprint density at radius 2 is 1.45 bits per heavy atom. The summed E-state index contributed by atoms with van der Waals surface area (Å²) in [6.07, 6.45) is 12.3. The number of rotatable bonds is 14. The summed E-state index contributed by atoms with van der Waals surface area (Å²) in [5.74, 6) is -0.728. The van der Waals surface area contributed by atoms with Crippen LogP contribution >= 0.6 is 0 Å². The second kappa shape index (κ2) is 29.2. The lowest BCUT2D eigenvalue weighted by atomic mass is 9.97. The van der Waals surface area contributed by atoms with E-state index in [4.69, 9.17) is 10.1 Å². The number of halogens is 1. The van der Waals surface area contributed by atoms with Gasteiger partial charge < -0.3 is 35.9 Å². The molecule has 4 N–H and O–H groups in total. The summed E-state index contributed by atoms with van der Waals surface area (Å²) in [7, 11) is 3.60. The van der Waals surface area contributed by atoms with E-state index in [1.807, 2.05) is 22.8 Å².